The zero-order valence-corrected chi connectivity index (χ0v) is 36.5. The number of nitrogens with one attached hydrogen (secondary N) is 3. The lowest BCUT2D eigenvalue weighted by atomic mass is 9.83. The number of pyridine rings is 1. The Kier molecular flexibility index (Phi) is 15.4. The van der Waals surface area contributed by atoms with E-state index in [2.05, 4.69) is 20.9 Å². The quantitative estimate of drug-likeness (QED) is 0.227. The van der Waals surface area contributed by atoms with Crippen LogP contribution in [-0.2, 0) is 33.7 Å². The van der Waals surface area contributed by atoms with Crippen LogP contribution in [0.25, 0.3) is 10.9 Å². The van der Waals surface area contributed by atoms with E-state index in [0.29, 0.717) is 42.3 Å². The normalized spacial score (nSPS) is 23.2. The highest BCUT2D eigenvalue weighted by Crippen LogP contribution is 2.34. The molecule has 4 atom stereocenters. The number of methoxy groups -OCH3 is 3. The summed E-state index contributed by atoms with van der Waals surface area (Å²) in [6.07, 6.45) is 10.6. The number of sulfone groups is 1. The predicted molar refractivity (Wildman–Crippen MR) is 224 cm³/mol. The highest BCUT2D eigenvalue weighted by Gasteiger charge is 2.46. The van der Waals surface area contributed by atoms with E-state index in [1.807, 2.05) is 12.2 Å². The SMILES string of the molecule is COC(=O)c1cc(OC2C[C@H]3C(=O)N[C@H](C(=O)OC)CCC=CCCCCC[C@H](NC(=O)NC4(CS(=O)(=O)C(C)(C)C)CCCCC4)C(=O)N3C2)c2ccc(OC)cc2n1. The summed E-state index contributed by atoms with van der Waals surface area (Å²) < 4.78 is 47.8. The van der Waals surface area contributed by atoms with Gasteiger partial charge in [0.1, 0.15) is 35.7 Å². The lowest BCUT2D eigenvalue weighted by molar-refractivity contribution is -0.146. The number of fused-ring (bicyclic) bond motifs is 2. The fourth-order valence-corrected chi connectivity index (χ4v) is 9.64. The number of nitrogens with zero attached hydrogens (tertiary/aromatic N) is 2. The molecular weight excluding hydrogens is 795 g/mol. The maximum Gasteiger partial charge on any atom is 0.356 e. The Morgan fingerprint density at radius 2 is 1.65 bits per heavy atom. The van der Waals surface area contributed by atoms with Gasteiger partial charge in [-0.15, -0.1) is 0 Å². The van der Waals surface area contributed by atoms with Crippen molar-refractivity contribution in [3.8, 4) is 11.5 Å². The van der Waals surface area contributed by atoms with Crippen molar-refractivity contribution in [3.05, 3.63) is 42.1 Å². The van der Waals surface area contributed by atoms with Gasteiger partial charge in [0.15, 0.2) is 15.5 Å². The van der Waals surface area contributed by atoms with E-state index >= 15 is 0 Å². The van der Waals surface area contributed by atoms with Gasteiger partial charge in [0.05, 0.1) is 49.4 Å². The van der Waals surface area contributed by atoms with Gasteiger partial charge in [0.25, 0.3) is 0 Å². The van der Waals surface area contributed by atoms with E-state index in [-0.39, 0.29) is 43.0 Å². The van der Waals surface area contributed by atoms with Gasteiger partial charge in [-0.1, -0.05) is 44.3 Å². The molecule has 1 unspecified atom stereocenters. The minimum Gasteiger partial charge on any atom is -0.497 e. The molecule has 1 saturated carbocycles. The maximum atomic E-state index is 14.8. The summed E-state index contributed by atoms with van der Waals surface area (Å²) in [5.74, 6) is -1.93. The second kappa shape index (κ2) is 20.1. The number of esters is 2. The first-order valence-corrected chi connectivity index (χ1v) is 22.5. The number of hydrogen-bond donors (Lipinski definition) is 3. The number of amides is 4. The number of benzene rings is 1. The molecule has 330 valence electrons. The van der Waals surface area contributed by atoms with E-state index in [1.165, 1.54) is 32.3 Å². The number of rotatable bonds is 9. The van der Waals surface area contributed by atoms with Crippen LogP contribution in [0.3, 0.4) is 0 Å². The lowest BCUT2D eigenvalue weighted by Crippen LogP contribution is -2.61. The van der Waals surface area contributed by atoms with Crippen molar-refractivity contribution in [1.82, 2.24) is 25.8 Å². The van der Waals surface area contributed by atoms with Gasteiger partial charge in [-0.3, -0.25) is 9.59 Å². The van der Waals surface area contributed by atoms with E-state index in [1.54, 1.807) is 39.0 Å². The third-order valence-corrected chi connectivity index (χ3v) is 14.5. The minimum atomic E-state index is -3.62. The van der Waals surface area contributed by atoms with E-state index in [9.17, 15) is 32.4 Å². The second-order valence-corrected chi connectivity index (χ2v) is 19.7. The first-order chi connectivity index (χ1) is 28.5. The van der Waals surface area contributed by atoms with Crippen LogP contribution >= 0.6 is 0 Å². The van der Waals surface area contributed by atoms with Crippen molar-refractivity contribution < 1.29 is 51.3 Å². The molecule has 2 fully saturated rings. The summed E-state index contributed by atoms with van der Waals surface area (Å²) >= 11 is 0. The third kappa shape index (κ3) is 11.5. The molecule has 0 radical (unpaired) electrons. The van der Waals surface area contributed by atoms with Gasteiger partial charge in [-0.2, -0.15) is 0 Å². The Balaban J connectivity index is 1.49. The van der Waals surface area contributed by atoms with Crippen molar-refractivity contribution in [3.63, 3.8) is 0 Å². The Morgan fingerprint density at radius 1 is 0.933 bits per heavy atom. The van der Waals surface area contributed by atoms with Gasteiger partial charge in [0.2, 0.25) is 11.8 Å². The van der Waals surface area contributed by atoms with Crippen LogP contribution < -0.4 is 25.4 Å². The molecule has 1 aromatic carbocycles. The van der Waals surface area contributed by atoms with Crippen molar-refractivity contribution >= 4 is 50.5 Å². The summed E-state index contributed by atoms with van der Waals surface area (Å²) in [5.41, 5.74) is -0.649. The number of carbonyl (C=O) groups is 5. The number of allylic oxidation sites excluding steroid dienone is 2. The van der Waals surface area contributed by atoms with E-state index < -0.39 is 74.1 Å². The summed E-state index contributed by atoms with van der Waals surface area (Å²) in [5, 5.41) is 9.25. The minimum absolute atomic E-state index is 0.00554. The molecule has 3 aliphatic rings. The van der Waals surface area contributed by atoms with Crippen molar-refractivity contribution in [2.45, 2.75) is 139 Å². The molecule has 17 heteroatoms. The summed E-state index contributed by atoms with van der Waals surface area (Å²) in [4.78, 5) is 74.5. The monoisotopic (exact) mass is 855 g/mol. The number of aromatic nitrogens is 1. The Labute approximate surface area is 352 Å². The zero-order valence-electron chi connectivity index (χ0n) is 35.7. The van der Waals surface area contributed by atoms with Gasteiger partial charge in [-0.25, -0.2) is 27.8 Å². The number of ether oxygens (including phenoxy) is 4. The molecule has 1 saturated heterocycles. The van der Waals surface area contributed by atoms with Crippen LogP contribution in [0.15, 0.2) is 36.4 Å². The van der Waals surface area contributed by atoms with Gasteiger partial charge >= 0.3 is 18.0 Å². The Morgan fingerprint density at radius 3 is 2.33 bits per heavy atom. The molecule has 60 heavy (non-hydrogen) atoms. The van der Waals surface area contributed by atoms with Gasteiger partial charge < -0.3 is 39.8 Å². The van der Waals surface area contributed by atoms with Crippen molar-refractivity contribution in [2.24, 2.45) is 0 Å². The number of carbonyl (C=O) groups excluding carboxylic acids is 5. The number of hydrogen-bond acceptors (Lipinski definition) is 12. The molecule has 2 aliphatic heterocycles. The summed E-state index contributed by atoms with van der Waals surface area (Å²) in [7, 11) is 0.360. The molecule has 4 amide bonds. The van der Waals surface area contributed by atoms with E-state index in [4.69, 9.17) is 18.9 Å². The average Bonchev–Trinajstić information content (AvgIpc) is 3.64. The molecule has 5 rings (SSSR count). The fourth-order valence-electron chi connectivity index (χ4n) is 8.12. The van der Waals surface area contributed by atoms with Gasteiger partial charge in [-0.05, 0) is 77.8 Å². The molecule has 1 aromatic heterocycles. The fraction of sp³-hybridized carbons (Fsp3) is 0.628. The van der Waals surface area contributed by atoms with Crippen LogP contribution in [-0.4, -0.2) is 116 Å². The first kappa shape index (κ1) is 46.1. The van der Waals surface area contributed by atoms with Crippen LogP contribution in [0.4, 0.5) is 4.79 Å². The highest BCUT2D eigenvalue weighted by atomic mass is 32.2. The Hall–Kier alpha value is -4.93. The van der Waals surface area contributed by atoms with Crippen molar-refractivity contribution in [1.29, 1.82) is 0 Å². The third-order valence-electron chi connectivity index (χ3n) is 11.7. The molecule has 2 aromatic rings. The lowest BCUT2D eigenvalue weighted by Gasteiger charge is -2.40. The smallest absolute Gasteiger partial charge is 0.356 e. The average molecular weight is 856 g/mol. The second-order valence-electron chi connectivity index (χ2n) is 17.0. The van der Waals surface area contributed by atoms with Gasteiger partial charge in [0, 0.05) is 23.9 Å². The molecule has 0 spiro atoms. The standard InChI is InChI=1S/C43H61N5O11S/c1-42(2,3)60(54,55)27-43(21-15-12-16-22-43)47-41(53)46-31-17-13-10-8-7-9-11-14-18-32(39(51)57-5)45-37(49)35-24-29(26-48(35)38(31)50)59-36-25-34(40(52)58-6)44-33-23-28(56-4)19-20-30(33)36/h9,11,19-20,23,25,29,31-32,35H,7-8,10,12-18,21-22,24,26-27H2,1-6H3,(H,45,49)(H2,46,47,53)/t29?,31-,32-,35-/m0/s1. The van der Waals surface area contributed by atoms with Crippen LogP contribution in [0.5, 0.6) is 11.5 Å². The van der Waals surface area contributed by atoms with Crippen LogP contribution in [0.1, 0.15) is 115 Å². The molecular formula is C43H61N5O11S. The maximum absolute atomic E-state index is 14.8. The molecule has 16 nitrogen and oxygen atoms in total. The highest BCUT2D eigenvalue weighted by molar-refractivity contribution is 7.92. The Bertz CT molecular complexity index is 2030. The first-order valence-electron chi connectivity index (χ1n) is 20.9. The van der Waals surface area contributed by atoms with Crippen LogP contribution in [0, 0.1) is 0 Å². The molecule has 0 bridgehead atoms. The summed E-state index contributed by atoms with van der Waals surface area (Å²) in [6.45, 7) is 4.85. The topological polar surface area (TPSA) is 209 Å². The van der Waals surface area contributed by atoms with Crippen LogP contribution in [0.2, 0.25) is 0 Å². The number of urea groups is 1. The molecule has 3 N–H and O–H groups in total. The zero-order chi connectivity index (χ0) is 43.7. The molecule has 1 aliphatic carbocycles. The predicted octanol–water partition coefficient (Wildman–Crippen LogP) is 4.92. The van der Waals surface area contributed by atoms with E-state index in [0.717, 1.165) is 38.5 Å². The largest absolute Gasteiger partial charge is 0.497 e. The summed E-state index contributed by atoms with van der Waals surface area (Å²) in [6, 6.07) is 2.67. The van der Waals surface area contributed by atoms with Crippen molar-refractivity contribution in [2.75, 3.05) is 33.6 Å². The molecule has 3 heterocycles.